The van der Waals surface area contributed by atoms with Crippen molar-refractivity contribution >= 4 is 11.8 Å². The number of unbranched alkanes of at least 4 members (excludes halogenated alkanes) is 5. The Labute approximate surface area is 132 Å². The van der Waals surface area contributed by atoms with Gasteiger partial charge in [0.2, 0.25) is 5.91 Å². The fourth-order valence-corrected chi connectivity index (χ4v) is 2.06. The number of benzene rings is 1. The molecule has 0 bridgehead atoms. The van der Waals surface area contributed by atoms with Crippen LogP contribution in [0.15, 0.2) is 24.3 Å². The normalized spacial score (nSPS) is 10.1. The maximum Gasteiger partial charge on any atom is 0.273 e. The number of amides is 2. The molecule has 1 aromatic rings. The maximum absolute atomic E-state index is 12.0. The van der Waals surface area contributed by atoms with Crippen LogP contribution in [-0.4, -0.2) is 18.4 Å². The van der Waals surface area contributed by atoms with E-state index in [2.05, 4.69) is 17.8 Å². The quantitative estimate of drug-likeness (QED) is 0.544. The van der Waals surface area contributed by atoms with Gasteiger partial charge in [0, 0.05) is 6.92 Å². The van der Waals surface area contributed by atoms with Crippen molar-refractivity contribution in [2.24, 2.45) is 0 Å². The highest BCUT2D eigenvalue weighted by atomic mass is 16.5. The molecule has 0 aliphatic heterocycles. The number of rotatable bonds is 9. The minimum Gasteiger partial charge on any atom is -0.493 e. The Balaban J connectivity index is 2.40. The molecule has 2 amide bonds. The second kappa shape index (κ2) is 10.7. The molecule has 1 aromatic carbocycles. The zero-order chi connectivity index (χ0) is 16.2. The molecule has 0 heterocycles. The third-order valence-corrected chi connectivity index (χ3v) is 3.24. The van der Waals surface area contributed by atoms with Gasteiger partial charge >= 0.3 is 0 Å². The average molecular weight is 306 g/mol. The van der Waals surface area contributed by atoms with Gasteiger partial charge in [0.25, 0.3) is 5.91 Å². The van der Waals surface area contributed by atoms with Crippen LogP contribution in [-0.2, 0) is 4.79 Å². The Morgan fingerprint density at radius 1 is 1.00 bits per heavy atom. The molecule has 0 unspecified atom stereocenters. The highest BCUT2D eigenvalue weighted by molar-refractivity contribution is 5.97. The van der Waals surface area contributed by atoms with Gasteiger partial charge in [0.15, 0.2) is 0 Å². The Hall–Kier alpha value is -2.04. The van der Waals surface area contributed by atoms with E-state index >= 15 is 0 Å². The highest BCUT2D eigenvalue weighted by Crippen LogP contribution is 2.18. The fourth-order valence-electron chi connectivity index (χ4n) is 2.06. The summed E-state index contributed by atoms with van der Waals surface area (Å²) in [6, 6.07) is 7.03. The molecule has 0 fully saturated rings. The molecule has 0 atom stereocenters. The van der Waals surface area contributed by atoms with Gasteiger partial charge in [-0.2, -0.15) is 0 Å². The predicted molar refractivity (Wildman–Crippen MR) is 86.6 cm³/mol. The summed E-state index contributed by atoms with van der Waals surface area (Å²) in [5.74, 6) is -0.161. The van der Waals surface area contributed by atoms with Crippen LogP contribution in [0.5, 0.6) is 5.75 Å². The third-order valence-electron chi connectivity index (χ3n) is 3.24. The van der Waals surface area contributed by atoms with E-state index in [0.717, 1.165) is 12.8 Å². The SMILES string of the molecule is CCCCCCCCOc1ccccc1C(=O)NNC(C)=O. The molecule has 5 nitrogen and oxygen atoms in total. The lowest BCUT2D eigenvalue weighted by Gasteiger charge is -2.11. The molecule has 22 heavy (non-hydrogen) atoms. The van der Waals surface area contributed by atoms with Crippen molar-refractivity contribution in [2.45, 2.75) is 52.4 Å². The molecule has 0 spiro atoms. The van der Waals surface area contributed by atoms with Crippen molar-refractivity contribution in [3.8, 4) is 5.75 Å². The van der Waals surface area contributed by atoms with Crippen LogP contribution >= 0.6 is 0 Å². The van der Waals surface area contributed by atoms with Crippen molar-refractivity contribution < 1.29 is 14.3 Å². The number of nitrogens with one attached hydrogen (secondary N) is 2. The third kappa shape index (κ3) is 7.11. The molecular formula is C17H26N2O3. The van der Waals surface area contributed by atoms with Crippen molar-refractivity contribution in [1.82, 2.24) is 10.9 Å². The van der Waals surface area contributed by atoms with E-state index in [-0.39, 0.29) is 11.8 Å². The molecule has 1 rings (SSSR count). The second-order valence-corrected chi connectivity index (χ2v) is 5.25. The first kappa shape index (κ1) is 18.0. The smallest absolute Gasteiger partial charge is 0.273 e. The standard InChI is InChI=1S/C17H26N2O3/c1-3-4-5-6-7-10-13-22-16-12-9-8-11-15(16)17(21)19-18-14(2)20/h8-9,11-12H,3-7,10,13H2,1-2H3,(H,18,20)(H,19,21). The molecule has 0 saturated heterocycles. The molecule has 5 heteroatoms. The number of hydrogen-bond donors (Lipinski definition) is 2. The van der Waals surface area contributed by atoms with Gasteiger partial charge in [0.1, 0.15) is 5.75 Å². The van der Waals surface area contributed by atoms with E-state index in [1.165, 1.54) is 32.6 Å². The first-order valence-corrected chi connectivity index (χ1v) is 7.94. The molecule has 0 radical (unpaired) electrons. The molecule has 0 saturated carbocycles. The summed E-state index contributed by atoms with van der Waals surface area (Å²) >= 11 is 0. The monoisotopic (exact) mass is 306 g/mol. The number of hydrogen-bond acceptors (Lipinski definition) is 3. The van der Waals surface area contributed by atoms with E-state index in [4.69, 9.17) is 4.74 Å². The number of carbonyl (C=O) groups is 2. The summed E-state index contributed by atoms with van der Waals surface area (Å²) in [4.78, 5) is 22.8. The van der Waals surface area contributed by atoms with Gasteiger partial charge in [-0.15, -0.1) is 0 Å². The number of ether oxygens (including phenoxy) is 1. The maximum atomic E-state index is 12.0. The lowest BCUT2D eigenvalue weighted by molar-refractivity contribution is -0.119. The molecule has 0 aliphatic rings. The zero-order valence-corrected chi connectivity index (χ0v) is 13.5. The van der Waals surface area contributed by atoms with Gasteiger partial charge in [-0.3, -0.25) is 20.4 Å². The van der Waals surface area contributed by atoms with Gasteiger partial charge in [-0.25, -0.2) is 0 Å². The van der Waals surface area contributed by atoms with E-state index in [0.29, 0.717) is 17.9 Å². The number of hydrazine groups is 1. The largest absolute Gasteiger partial charge is 0.493 e. The fraction of sp³-hybridized carbons (Fsp3) is 0.529. The zero-order valence-electron chi connectivity index (χ0n) is 13.5. The van der Waals surface area contributed by atoms with E-state index < -0.39 is 0 Å². The first-order chi connectivity index (χ1) is 10.6. The number of para-hydroxylation sites is 1. The second-order valence-electron chi connectivity index (χ2n) is 5.25. The van der Waals surface area contributed by atoms with Gasteiger partial charge in [-0.1, -0.05) is 51.2 Å². The van der Waals surface area contributed by atoms with E-state index in [1.807, 2.05) is 6.07 Å². The first-order valence-electron chi connectivity index (χ1n) is 7.94. The van der Waals surface area contributed by atoms with E-state index in [9.17, 15) is 9.59 Å². The summed E-state index contributed by atoms with van der Waals surface area (Å²) in [5.41, 5.74) is 5.04. The summed E-state index contributed by atoms with van der Waals surface area (Å²) in [5, 5.41) is 0. The lowest BCUT2D eigenvalue weighted by Crippen LogP contribution is -2.40. The van der Waals surface area contributed by atoms with Crippen molar-refractivity contribution in [3.05, 3.63) is 29.8 Å². The minimum absolute atomic E-state index is 0.321. The molecule has 122 valence electrons. The average Bonchev–Trinajstić information content (AvgIpc) is 2.52. The molecule has 0 aromatic heterocycles. The summed E-state index contributed by atoms with van der Waals surface area (Å²) in [6.45, 7) is 4.13. The van der Waals surface area contributed by atoms with Crippen LogP contribution in [0.3, 0.4) is 0 Å². The van der Waals surface area contributed by atoms with Crippen LogP contribution in [0.2, 0.25) is 0 Å². The van der Waals surface area contributed by atoms with Crippen LogP contribution in [0.1, 0.15) is 62.7 Å². The van der Waals surface area contributed by atoms with Crippen molar-refractivity contribution in [1.29, 1.82) is 0 Å². The highest BCUT2D eigenvalue weighted by Gasteiger charge is 2.11. The van der Waals surface area contributed by atoms with Crippen LogP contribution in [0.4, 0.5) is 0 Å². The summed E-state index contributed by atoms with van der Waals surface area (Å²) < 4.78 is 5.70. The van der Waals surface area contributed by atoms with Gasteiger partial charge < -0.3 is 4.74 Å². The van der Waals surface area contributed by atoms with Crippen molar-refractivity contribution in [3.63, 3.8) is 0 Å². The topological polar surface area (TPSA) is 67.4 Å². The van der Waals surface area contributed by atoms with Crippen LogP contribution < -0.4 is 15.6 Å². The van der Waals surface area contributed by atoms with Crippen LogP contribution in [0.25, 0.3) is 0 Å². The number of carbonyl (C=O) groups excluding carboxylic acids is 2. The lowest BCUT2D eigenvalue weighted by atomic mass is 10.1. The summed E-state index contributed by atoms with van der Waals surface area (Å²) in [7, 11) is 0. The van der Waals surface area contributed by atoms with Crippen LogP contribution in [0, 0.1) is 0 Å². The summed E-state index contributed by atoms with van der Waals surface area (Å²) in [6.07, 6.45) is 7.14. The Morgan fingerprint density at radius 2 is 1.68 bits per heavy atom. The van der Waals surface area contributed by atoms with Crippen molar-refractivity contribution in [2.75, 3.05) is 6.61 Å². The Morgan fingerprint density at radius 3 is 2.41 bits per heavy atom. The molecular weight excluding hydrogens is 280 g/mol. The van der Waals surface area contributed by atoms with E-state index in [1.54, 1.807) is 18.2 Å². The van der Waals surface area contributed by atoms with Gasteiger partial charge in [-0.05, 0) is 18.6 Å². The Bertz CT molecular complexity index is 475. The Kier molecular flexibility index (Phi) is 8.72. The molecule has 0 aliphatic carbocycles. The van der Waals surface area contributed by atoms with Gasteiger partial charge in [0.05, 0.1) is 12.2 Å². The predicted octanol–water partition coefficient (Wildman–Crippen LogP) is 3.21. The molecule has 2 N–H and O–H groups in total. The minimum atomic E-state index is -0.381.